The molecule has 1 N–H and O–H groups in total. The van der Waals surface area contributed by atoms with Crippen LogP contribution in [0.1, 0.15) is 38.7 Å². The van der Waals surface area contributed by atoms with E-state index in [1.54, 1.807) is 6.26 Å². The molecule has 84 valence electrons. The predicted octanol–water partition coefficient (Wildman–Crippen LogP) is 3.20. The lowest BCUT2D eigenvalue weighted by atomic mass is 9.94. The standard InChI is InChI=1S/C13H21NO/c1-11(2)7-13(4-5-13)10-14-8-12-3-6-15-9-12/h3,6,9,11,14H,4-5,7-8,10H2,1-2H3. The molecule has 0 saturated heterocycles. The number of furan rings is 1. The molecular formula is C13H21NO. The highest BCUT2D eigenvalue weighted by atomic mass is 16.3. The zero-order valence-corrected chi connectivity index (χ0v) is 9.75. The van der Waals surface area contributed by atoms with Crippen LogP contribution in [0.5, 0.6) is 0 Å². The van der Waals surface area contributed by atoms with E-state index < -0.39 is 0 Å². The Balaban J connectivity index is 1.70. The molecule has 1 saturated carbocycles. The van der Waals surface area contributed by atoms with Gasteiger partial charge in [0.2, 0.25) is 0 Å². The van der Waals surface area contributed by atoms with Crippen molar-refractivity contribution in [2.75, 3.05) is 6.54 Å². The van der Waals surface area contributed by atoms with Crippen molar-refractivity contribution in [2.45, 2.75) is 39.7 Å². The number of hydrogen-bond acceptors (Lipinski definition) is 2. The Labute approximate surface area is 92.1 Å². The molecular weight excluding hydrogens is 186 g/mol. The van der Waals surface area contributed by atoms with Crippen LogP contribution in [0.3, 0.4) is 0 Å². The van der Waals surface area contributed by atoms with Gasteiger partial charge < -0.3 is 9.73 Å². The van der Waals surface area contributed by atoms with E-state index in [-0.39, 0.29) is 0 Å². The number of rotatable bonds is 6. The summed E-state index contributed by atoms with van der Waals surface area (Å²) in [5, 5.41) is 3.54. The second-order valence-corrected chi connectivity index (χ2v) is 5.33. The number of nitrogens with one attached hydrogen (secondary N) is 1. The van der Waals surface area contributed by atoms with Crippen molar-refractivity contribution in [1.29, 1.82) is 0 Å². The number of hydrogen-bond donors (Lipinski definition) is 1. The minimum absolute atomic E-state index is 0.623. The van der Waals surface area contributed by atoms with E-state index in [0.717, 1.165) is 19.0 Å². The molecule has 1 fully saturated rings. The third-order valence-electron chi connectivity index (χ3n) is 3.21. The second kappa shape index (κ2) is 4.40. The molecule has 0 aromatic carbocycles. The van der Waals surface area contributed by atoms with Crippen molar-refractivity contribution < 1.29 is 4.42 Å². The normalized spacial score (nSPS) is 18.3. The fraction of sp³-hybridized carbons (Fsp3) is 0.692. The molecule has 2 rings (SSSR count). The third kappa shape index (κ3) is 3.10. The van der Waals surface area contributed by atoms with Crippen LogP contribution in [-0.4, -0.2) is 6.54 Å². The minimum Gasteiger partial charge on any atom is -0.472 e. The molecule has 15 heavy (non-hydrogen) atoms. The van der Waals surface area contributed by atoms with E-state index in [2.05, 4.69) is 19.2 Å². The van der Waals surface area contributed by atoms with Gasteiger partial charge in [-0.05, 0) is 36.7 Å². The van der Waals surface area contributed by atoms with Gasteiger partial charge in [-0.15, -0.1) is 0 Å². The first-order valence-corrected chi connectivity index (χ1v) is 5.92. The van der Waals surface area contributed by atoms with Gasteiger partial charge >= 0.3 is 0 Å². The highest BCUT2D eigenvalue weighted by molar-refractivity contribution is 5.05. The van der Waals surface area contributed by atoms with E-state index in [4.69, 9.17) is 4.42 Å². The molecule has 1 aromatic rings. The van der Waals surface area contributed by atoms with Gasteiger partial charge in [-0.3, -0.25) is 0 Å². The minimum atomic E-state index is 0.623. The average molecular weight is 207 g/mol. The Morgan fingerprint density at radius 1 is 1.47 bits per heavy atom. The van der Waals surface area contributed by atoms with Gasteiger partial charge in [0.05, 0.1) is 12.5 Å². The zero-order chi connectivity index (χ0) is 10.7. The summed E-state index contributed by atoms with van der Waals surface area (Å²) in [5.41, 5.74) is 1.87. The van der Waals surface area contributed by atoms with Gasteiger partial charge in [0.15, 0.2) is 0 Å². The topological polar surface area (TPSA) is 25.2 Å². The van der Waals surface area contributed by atoms with Crippen molar-refractivity contribution in [3.8, 4) is 0 Å². The van der Waals surface area contributed by atoms with Crippen LogP contribution < -0.4 is 5.32 Å². The summed E-state index contributed by atoms with van der Waals surface area (Å²) in [6.07, 6.45) is 7.73. The van der Waals surface area contributed by atoms with Crippen molar-refractivity contribution in [1.82, 2.24) is 5.32 Å². The van der Waals surface area contributed by atoms with Gasteiger partial charge in [-0.25, -0.2) is 0 Å². The quantitative estimate of drug-likeness (QED) is 0.775. The Bertz CT molecular complexity index is 285. The SMILES string of the molecule is CC(C)CC1(CNCc2ccoc2)CC1. The van der Waals surface area contributed by atoms with Crippen LogP contribution in [0, 0.1) is 11.3 Å². The summed E-state index contributed by atoms with van der Waals surface area (Å²) in [6, 6.07) is 2.02. The van der Waals surface area contributed by atoms with Crippen molar-refractivity contribution in [3.63, 3.8) is 0 Å². The summed E-state index contributed by atoms with van der Waals surface area (Å²) in [5.74, 6) is 0.822. The molecule has 0 atom stereocenters. The van der Waals surface area contributed by atoms with Crippen LogP contribution in [0.25, 0.3) is 0 Å². The van der Waals surface area contributed by atoms with Crippen molar-refractivity contribution in [2.24, 2.45) is 11.3 Å². The van der Waals surface area contributed by atoms with E-state index >= 15 is 0 Å². The maximum atomic E-state index is 5.04. The Kier molecular flexibility index (Phi) is 3.15. The molecule has 0 aliphatic heterocycles. The van der Waals surface area contributed by atoms with Crippen LogP contribution in [0.2, 0.25) is 0 Å². The lowest BCUT2D eigenvalue weighted by Crippen LogP contribution is -2.24. The fourth-order valence-electron chi connectivity index (χ4n) is 2.36. The smallest absolute Gasteiger partial charge is 0.0947 e. The molecule has 1 aromatic heterocycles. The molecule has 0 unspecified atom stereocenters. The summed E-state index contributed by atoms with van der Waals surface area (Å²) >= 11 is 0. The maximum absolute atomic E-state index is 5.04. The Morgan fingerprint density at radius 2 is 2.27 bits per heavy atom. The van der Waals surface area contributed by atoms with E-state index in [9.17, 15) is 0 Å². The lowest BCUT2D eigenvalue weighted by molar-refractivity contribution is 0.366. The summed E-state index contributed by atoms with van der Waals surface area (Å²) in [6.45, 7) is 6.74. The van der Waals surface area contributed by atoms with Crippen molar-refractivity contribution >= 4 is 0 Å². The molecule has 0 radical (unpaired) electrons. The van der Waals surface area contributed by atoms with Gasteiger partial charge in [0.1, 0.15) is 0 Å². The highest BCUT2D eigenvalue weighted by Crippen LogP contribution is 2.49. The second-order valence-electron chi connectivity index (χ2n) is 5.33. The molecule has 2 nitrogen and oxygen atoms in total. The van der Waals surface area contributed by atoms with Gasteiger partial charge in [-0.1, -0.05) is 13.8 Å². The highest BCUT2D eigenvalue weighted by Gasteiger charge is 2.41. The van der Waals surface area contributed by atoms with Crippen LogP contribution in [0.4, 0.5) is 0 Å². The van der Waals surface area contributed by atoms with Crippen LogP contribution in [-0.2, 0) is 6.54 Å². The first kappa shape index (κ1) is 10.7. The van der Waals surface area contributed by atoms with Gasteiger partial charge in [-0.2, -0.15) is 0 Å². The fourth-order valence-corrected chi connectivity index (χ4v) is 2.36. The summed E-state index contributed by atoms with van der Waals surface area (Å²) in [4.78, 5) is 0. The lowest BCUT2D eigenvalue weighted by Gasteiger charge is -2.17. The van der Waals surface area contributed by atoms with E-state index in [0.29, 0.717) is 5.41 Å². The molecule has 0 bridgehead atoms. The Morgan fingerprint density at radius 3 is 2.80 bits per heavy atom. The van der Waals surface area contributed by atoms with E-state index in [1.165, 1.54) is 24.8 Å². The Hall–Kier alpha value is -0.760. The molecule has 1 heterocycles. The monoisotopic (exact) mass is 207 g/mol. The summed E-state index contributed by atoms with van der Waals surface area (Å²) in [7, 11) is 0. The largest absolute Gasteiger partial charge is 0.472 e. The summed E-state index contributed by atoms with van der Waals surface area (Å²) < 4.78 is 5.04. The van der Waals surface area contributed by atoms with Crippen molar-refractivity contribution in [3.05, 3.63) is 24.2 Å². The molecule has 1 aliphatic carbocycles. The molecule has 1 aliphatic rings. The van der Waals surface area contributed by atoms with E-state index in [1.807, 2.05) is 12.3 Å². The van der Waals surface area contributed by atoms with Gasteiger partial charge in [0.25, 0.3) is 0 Å². The van der Waals surface area contributed by atoms with Crippen LogP contribution >= 0.6 is 0 Å². The predicted molar refractivity (Wildman–Crippen MR) is 61.5 cm³/mol. The molecule has 0 amide bonds. The maximum Gasteiger partial charge on any atom is 0.0947 e. The first-order chi connectivity index (χ1) is 7.20. The first-order valence-electron chi connectivity index (χ1n) is 5.92. The molecule has 0 spiro atoms. The molecule has 2 heteroatoms. The average Bonchev–Trinajstić information content (AvgIpc) is 2.74. The zero-order valence-electron chi connectivity index (χ0n) is 9.75. The van der Waals surface area contributed by atoms with Gasteiger partial charge in [0, 0.05) is 18.7 Å². The third-order valence-corrected chi connectivity index (χ3v) is 3.21. The van der Waals surface area contributed by atoms with Crippen LogP contribution in [0.15, 0.2) is 23.0 Å².